The Morgan fingerprint density at radius 2 is 1.83 bits per heavy atom. The average Bonchev–Trinajstić information content (AvgIpc) is 2.72. The third kappa shape index (κ3) is 4.99. The number of sulfonamides is 1. The summed E-state index contributed by atoms with van der Waals surface area (Å²) in [6.45, 7) is 3.04. The molecule has 3 rings (SSSR count). The van der Waals surface area contributed by atoms with Crippen molar-refractivity contribution >= 4 is 27.2 Å². The fraction of sp³-hybridized carbons (Fsp3) is 0.350. The first-order valence-electron chi connectivity index (χ1n) is 9.39. The van der Waals surface area contributed by atoms with Crippen LogP contribution in [0.25, 0.3) is 0 Å². The number of carbonyl (C=O) groups is 1. The van der Waals surface area contributed by atoms with Crippen LogP contribution in [0.2, 0.25) is 0 Å². The van der Waals surface area contributed by atoms with Gasteiger partial charge in [-0.05, 0) is 43.0 Å². The largest absolute Gasteiger partial charge is 0.378 e. The number of nitrogens with one attached hydrogen (secondary N) is 1. The van der Waals surface area contributed by atoms with Gasteiger partial charge in [0.25, 0.3) is 5.69 Å². The molecule has 0 amide bonds. The van der Waals surface area contributed by atoms with Gasteiger partial charge in [0, 0.05) is 36.5 Å². The maximum Gasteiger partial charge on any atom is 0.269 e. The molecule has 0 saturated carbocycles. The Balaban J connectivity index is 1.68. The molecule has 0 aromatic heterocycles. The van der Waals surface area contributed by atoms with Crippen LogP contribution in [0.3, 0.4) is 0 Å². The fourth-order valence-electron chi connectivity index (χ4n) is 3.19. The lowest BCUT2D eigenvalue weighted by Gasteiger charge is -2.29. The summed E-state index contributed by atoms with van der Waals surface area (Å²) in [7, 11) is -3.62. The van der Waals surface area contributed by atoms with Gasteiger partial charge in [-0.15, -0.1) is 0 Å². The minimum atomic E-state index is -3.62. The Hall–Kier alpha value is -2.78. The van der Waals surface area contributed by atoms with Crippen molar-refractivity contribution in [2.24, 2.45) is 5.92 Å². The minimum Gasteiger partial charge on any atom is -0.378 e. The van der Waals surface area contributed by atoms with E-state index in [0.29, 0.717) is 30.3 Å². The van der Waals surface area contributed by atoms with Crippen LogP contribution >= 0.6 is 0 Å². The van der Waals surface area contributed by atoms with Crippen LogP contribution in [-0.2, 0) is 10.0 Å². The highest BCUT2D eigenvalue weighted by atomic mass is 32.2. The number of piperidine rings is 1. The highest BCUT2D eigenvalue weighted by Gasteiger charge is 2.28. The summed E-state index contributed by atoms with van der Waals surface area (Å²) < 4.78 is 27.2. The van der Waals surface area contributed by atoms with E-state index in [0.717, 1.165) is 12.8 Å². The number of rotatable bonds is 7. The van der Waals surface area contributed by atoms with Gasteiger partial charge in [0.15, 0.2) is 5.78 Å². The second-order valence-corrected chi connectivity index (χ2v) is 9.13. The standard InChI is InChI=1S/C20H23N3O5S/c1-15-9-11-22(12-10-15)29(27,28)19-4-2-3-16(13-19)20(24)14-21-17-5-7-18(8-6-17)23(25)26/h2-8,13,15,21H,9-12,14H2,1H3. The Kier molecular flexibility index (Phi) is 6.29. The normalized spacial score (nSPS) is 15.8. The summed E-state index contributed by atoms with van der Waals surface area (Å²) in [6.07, 6.45) is 1.66. The molecule has 1 aliphatic rings. The maximum atomic E-state index is 12.9. The quantitative estimate of drug-likeness (QED) is 0.420. The van der Waals surface area contributed by atoms with Gasteiger partial charge >= 0.3 is 0 Å². The summed E-state index contributed by atoms with van der Waals surface area (Å²) in [5.41, 5.74) is 0.827. The molecule has 0 unspecified atom stereocenters. The molecule has 0 atom stereocenters. The van der Waals surface area contributed by atoms with E-state index in [1.54, 1.807) is 12.1 Å². The van der Waals surface area contributed by atoms with Gasteiger partial charge in [-0.3, -0.25) is 14.9 Å². The van der Waals surface area contributed by atoms with E-state index >= 15 is 0 Å². The maximum absolute atomic E-state index is 12.9. The third-order valence-electron chi connectivity index (χ3n) is 5.07. The SMILES string of the molecule is CC1CCN(S(=O)(=O)c2cccc(C(=O)CNc3ccc([N+](=O)[O-])cc3)c2)CC1. The number of non-ortho nitro benzene ring substituents is 1. The van der Waals surface area contributed by atoms with Gasteiger partial charge in [0.2, 0.25) is 10.0 Å². The number of carbonyl (C=O) groups excluding carboxylic acids is 1. The molecular weight excluding hydrogens is 394 g/mol. The van der Waals surface area contributed by atoms with Gasteiger partial charge < -0.3 is 5.32 Å². The highest BCUT2D eigenvalue weighted by molar-refractivity contribution is 7.89. The van der Waals surface area contributed by atoms with Crippen molar-refractivity contribution in [2.75, 3.05) is 25.0 Å². The summed E-state index contributed by atoms with van der Waals surface area (Å²) in [6, 6.07) is 11.8. The van der Waals surface area contributed by atoms with E-state index < -0.39 is 14.9 Å². The van der Waals surface area contributed by atoms with E-state index in [-0.39, 0.29) is 22.9 Å². The zero-order valence-electron chi connectivity index (χ0n) is 16.1. The molecule has 29 heavy (non-hydrogen) atoms. The zero-order valence-corrected chi connectivity index (χ0v) is 16.9. The van der Waals surface area contributed by atoms with Crippen molar-refractivity contribution < 1.29 is 18.1 Å². The summed E-state index contributed by atoms with van der Waals surface area (Å²) in [5.74, 6) is 0.243. The number of benzene rings is 2. The first kappa shape index (κ1) is 20.9. The molecule has 154 valence electrons. The number of nitrogens with zero attached hydrogens (tertiary/aromatic N) is 2. The first-order valence-corrected chi connectivity index (χ1v) is 10.8. The number of nitro groups is 1. The van der Waals surface area contributed by atoms with Crippen LogP contribution in [-0.4, -0.2) is 43.1 Å². The Labute approximate surface area is 169 Å². The molecule has 0 radical (unpaired) electrons. The van der Waals surface area contributed by atoms with Gasteiger partial charge in [-0.1, -0.05) is 19.1 Å². The highest BCUT2D eigenvalue weighted by Crippen LogP contribution is 2.24. The van der Waals surface area contributed by atoms with Crippen LogP contribution in [0, 0.1) is 16.0 Å². The van der Waals surface area contributed by atoms with Crippen molar-refractivity contribution in [3.05, 3.63) is 64.2 Å². The van der Waals surface area contributed by atoms with Crippen molar-refractivity contribution in [2.45, 2.75) is 24.7 Å². The molecule has 0 aliphatic carbocycles. The molecule has 2 aromatic rings. The van der Waals surface area contributed by atoms with E-state index in [2.05, 4.69) is 12.2 Å². The van der Waals surface area contributed by atoms with Gasteiger partial charge in [0.05, 0.1) is 16.4 Å². The van der Waals surface area contributed by atoms with Crippen LogP contribution in [0.4, 0.5) is 11.4 Å². The van der Waals surface area contributed by atoms with E-state index in [9.17, 15) is 23.3 Å². The molecule has 0 spiro atoms. The van der Waals surface area contributed by atoms with Crippen molar-refractivity contribution in [1.29, 1.82) is 0 Å². The summed E-state index contributed by atoms with van der Waals surface area (Å²) >= 11 is 0. The van der Waals surface area contributed by atoms with Crippen LogP contribution in [0.1, 0.15) is 30.1 Å². The van der Waals surface area contributed by atoms with Crippen molar-refractivity contribution in [3.8, 4) is 0 Å². The number of hydrogen-bond acceptors (Lipinski definition) is 6. The molecule has 0 bridgehead atoms. The Morgan fingerprint density at radius 3 is 2.45 bits per heavy atom. The van der Waals surface area contributed by atoms with E-state index in [1.165, 1.54) is 40.7 Å². The summed E-state index contributed by atoms with van der Waals surface area (Å²) in [5, 5.41) is 13.6. The van der Waals surface area contributed by atoms with Crippen LogP contribution in [0.15, 0.2) is 53.4 Å². The predicted molar refractivity (Wildman–Crippen MR) is 110 cm³/mol. The number of Topliss-reactive ketones (excluding diaryl/α,β-unsaturated/α-hetero) is 1. The van der Waals surface area contributed by atoms with Crippen LogP contribution in [0.5, 0.6) is 0 Å². The van der Waals surface area contributed by atoms with Gasteiger partial charge in [-0.25, -0.2) is 8.42 Å². The first-order chi connectivity index (χ1) is 13.8. The van der Waals surface area contributed by atoms with Gasteiger partial charge in [0.1, 0.15) is 0 Å². The fourth-order valence-corrected chi connectivity index (χ4v) is 4.71. The zero-order chi connectivity index (χ0) is 21.0. The monoisotopic (exact) mass is 417 g/mol. The number of hydrogen-bond donors (Lipinski definition) is 1. The smallest absolute Gasteiger partial charge is 0.269 e. The lowest BCUT2D eigenvalue weighted by molar-refractivity contribution is -0.384. The molecule has 1 fully saturated rings. The topological polar surface area (TPSA) is 110 Å². The minimum absolute atomic E-state index is 0.0353. The number of anilines is 1. The van der Waals surface area contributed by atoms with Crippen LogP contribution < -0.4 is 5.32 Å². The molecule has 1 N–H and O–H groups in total. The van der Waals surface area contributed by atoms with Gasteiger partial charge in [-0.2, -0.15) is 4.31 Å². The number of nitro benzene ring substituents is 1. The molecular formula is C20H23N3O5S. The molecule has 2 aromatic carbocycles. The molecule has 9 heteroatoms. The third-order valence-corrected chi connectivity index (χ3v) is 6.96. The molecule has 1 heterocycles. The Bertz CT molecular complexity index is 997. The van der Waals surface area contributed by atoms with Crippen molar-refractivity contribution in [3.63, 3.8) is 0 Å². The number of ketones is 1. The van der Waals surface area contributed by atoms with E-state index in [1.807, 2.05) is 0 Å². The average molecular weight is 417 g/mol. The molecule has 1 aliphatic heterocycles. The lowest BCUT2D eigenvalue weighted by Crippen LogP contribution is -2.37. The summed E-state index contributed by atoms with van der Waals surface area (Å²) in [4.78, 5) is 22.8. The van der Waals surface area contributed by atoms with Crippen molar-refractivity contribution in [1.82, 2.24) is 4.31 Å². The predicted octanol–water partition coefficient (Wildman–Crippen LogP) is 3.31. The van der Waals surface area contributed by atoms with E-state index in [4.69, 9.17) is 0 Å². The molecule has 8 nitrogen and oxygen atoms in total. The Morgan fingerprint density at radius 1 is 1.17 bits per heavy atom. The lowest BCUT2D eigenvalue weighted by atomic mass is 10.0. The molecule has 1 saturated heterocycles. The second-order valence-electron chi connectivity index (χ2n) is 7.20. The second kappa shape index (κ2) is 8.71.